The highest BCUT2D eigenvalue weighted by molar-refractivity contribution is 7.19. The molecule has 0 bridgehead atoms. The van der Waals surface area contributed by atoms with Crippen molar-refractivity contribution in [1.82, 2.24) is 4.90 Å². The van der Waals surface area contributed by atoms with Gasteiger partial charge in [-0.2, -0.15) is 0 Å². The van der Waals surface area contributed by atoms with Crippen molar-refractivity contribution in [2.24, 2.45) is 0 Å². The van der Waals surface area contributed by atoms with Crippen LogP contribution in [0.3, 0.4) is 0 Å². The SMILES string of the molecule is OCc1c(Cl)ccc2c1CCN(C(O)=P)CC2. The van der Waals surface area contributed by atoms with Gasteiger partial charge in [0.25, 0.3) is 0 Å². The van der Waals surface area contributed by atoms with Crippen LogP contribution in [0.5, 0.6) is 0 Å². The van der Waals surface area contributed by atoms with Crippen LogP contribution >= 0.6 is 20.5 Å². The van der Waals surface area contributed by atoms with E-state index in [0.717, 1.165) is 37.1 Å². The van der Waals surface area contributed by atoms with Crippen molar-refractivity contribution >= 4 is 26.1 Å². The molecule has 1 heterocycles. The molecule has 0 amide bonds. The molecule has 0 saturated carbocycles. The van der Waals surface area contributed by atoms with E-state index >= 15 is 0 Å². The van der Waals surface area contributed by atoms with E-state index in [-0.39, 0.29) is 12.2 Å². The van der Waals surface area contributed by atoms with Crippen molar-refractivity contribution in [3.8, 4) is 0 Å². The highest BCUT2D eigenvalue weighted by Gasteiger charge is 2.18. The van der Waals surface area contributed by atoms with Gasteiger partial charge < -0.3 is 10.2 Å². The van der Waals surface area contributed by atoms with Gasteiger partial charge in [-0.05, 0) is 35.6 Å². The molecular weight excluding hydrogens is 257 g/mol. The molecule has 5 heteroatoms. The van der Waals surface area contributed by atoms with Crippen LogP contribution in [0.15, 0.2) is 12.1 Å². The zero-order chi connectivity index (χ0) is 12.4. The van der Waals surface area contributed by atoms with Gasteiger partial charge in [0.15, 0.2) is 0 Å². The Balaban J connectivity index is 2.34. The summed E-state index contributed by atoms with van der Waals surface area (Å²) in [6, 6.07) is 3.84. The molecular formula is C12H15ClNO2P. The Morgan fingerprint density at radius 1 is 1.35 bits per heavy atom. The Labute approximate surface area is 108 Å². The first-order chi connectivity index (χ1) is 8.13. The standard InChI is InChI=1S/C12H15ClNO2P/c13-11-2-1-8-3-5-14(12(16)17)6-4-9(8)10(11)7-15/h1-2,15-17H,3-7H2. The number of hydrogen-bond donors (Lipinski definition) is 2. The zero-order valence-electron chi connectivity index (χ0n) is 9.41. The third kappa shape index (κ3) is 2.70. The van der Waals surface area contributed by atoms with E-state index in [1.165, 1.54) is 5.56 Å². The number of halogens is 1. The van der Waals surface area contributed by atoms with Crippen LogP contribution in [0.2, 0.25) is 5.02 Å². The van der Waals surface area contributed by atoms with Gasteiger partial charge in [0, 0.05) is 18.1 Å². The Morgan fingerprint density at radius 3 is 2.71 bits per heavy atom. The van der Waals surface area contributed by atoms with Crippen molar-refractivity contribution in [2.75, 3.05) is 13.1 Å². The van der Waals surface area contributed by atoms with Gasteiger partial charge in [-0.15, -0.1) is 0 Å². The average molecular weight is 272 g/mol. The topological polar surface area (TPSA) is 43.7 Å². The number of nitrogens with zero attached hydrogens (tertiary/aromatic N) is 1. The molecule has 0 saturated heterocycles. The van der Waals surface area contributed by atoms with Crippen molar-refractivity contribution in [3.05, 3.63) is 33.8 Å². The summed E-state index contributed by atoms with van der Waals surface area (Å²) >= 11 is 6.08. The lowest BCUT2D eigenvalue weighted by atomic mass is 9.97. The highest BCUT2D eigenvalue weighted by atomic mass is 35.5. The molecule has 1 aliphatic rings. The van der Waals surface area contributed by atoms with E-state index in [0.29, 0.717) is 5.02 Å². The minimum absolute atomic E-state index is 0.0361. The summed E-state index contributed by atoms with van der Waals surface area (Å²) in [7, 11) is 3.14. The highest BCUT2D eigenvalue weighted by Crippen LogP contribution is 2.26. The second kappa shape index (κ2) is 5.47. The van der Waals surface area contributed by atoms with Gasteiger partial charge in [-0.3, -0.25) is 4.90 Å². The van der Waals surface area contributed by atoms with E-state index in [1.54, 1.807) is 0 Å². The quantitative estimate of drug-likeness (QED) is 0.807. The first-order valence-electron chi connectivity index (χ1n) is 5.56. The summed E-state index contributed by atoms with van der Waals surface area (Å²) in [4.78, 5) is 1.87. The first kappa shape index (κ1) is 13.0. The number of benzene rings is 1. The molecule has 0 fully saturated rings. The van der Waals surface area contributed by atoms with Gasteiger partial charge in [-0.25, -0.2) is 0 Å². The van der Waals surface area contributed by atoms with Crippen molar-refractivity contribution in [3.63, 3.8) is 0 Å². The van der Waals surface area contributed by atoms with Gasteiger partial charge in [0.05, 0.1) is 6.61 Å². The lowest BCUT2D eigenvalue weighted by molar-refractivity contribution is 0.280. The molecule has 0 atom stereocenters. The van der Waals surface area contributed by atoms with Crippen LogP contribution in [0.1, 0.15) is 16.7 Å². The molecule has 0 unspecified atom stereocenters. The van der Waals surface area contributed by atoms with Crippen LogP contribution < -0.4 is 0 Å². The molecule has 3 nitrogen and oxygen atoms in total. The van der Waals surface area contributed by atoms with Crippen LogP contribution in [0.25, 0.3) is 0 Å². The minimum Gasteiger partial charge on any atom is -0.392 e. The molecule has 2 N–H and O–H groups in total. The Kier molecular flexibility index (Phi) is 4.18. The molecule has 0 spiro atoms. The fourth-order valence-corrected chi connectivity index (χ4v) is 2.72. The third-order valence-electron chi connectivity index (χ3n) is 3.21. The monoisotopic (exact) mass is 271 g/mol. The smallest absolute Gasteiger partial charge is 0.139 e. The number of aliphatic hydroxyl groups excluding tert-OH is 2. The van der Waals surface area contributed by atoms with Crippen LogP contribution in [-0.2, 0) is 19.4 Å². The maximum atomic E-state index is 9.44. The van der Waals surface area contributed by atoms with Gasteiger partial charge in [0.2, 0.25) is 0 Å². The van der Waals surface area contributed by atoms with Crippen molar-refractivity contribution in [2.45, 2.75) is 19.4 Å². The molecule has 1 aliphatic heterocycles. The third-order valence-corrected chi connectivity index (χ3v) is 3.88. The largest absolute Gasteiger partial charge is 0.392 e. The normalized spacial score (nSPS) is 16.4. The van der Waals surface area contributed by atoms with Crippen molar-refractivity contribution in [1.29, 1.82) is 0 Å². The minimum atomic E-state index is -0.0361. The molecule has 0 radical (unpaired) electrons. The maximum absolute atomic E-state index is 9.44. The first-order valence-corrected chi connectivity index (χ1v) is 6.43. The summed E-state index contributed by atoms with van der Waals surface area (Å²) in [6.45, 7) is 1.44. The number of aliphatic hydroxyl groups is 2. The number of hydrogen-bond acceptors (Lipinski definition) is 1. The average Bonchev–Trinajstić information content (AvgIpc) is 2.51. The Morgan fingerprint density at radius 2 is 2.06 bits per heavy atom. The molecule has 17 heavy (non-hydrogen) atoms. The number of rotatable bonds is 2. The molecule has 2 rings (SSSR count). The van der Waals surface area contributed by atoms with Crippen LogP contribution in [0.4, 0.5) is 0 Å². The number of fused-ring (bicyclic) bond motifs is 1. The van der Waals surface area contributed by atoms with Gasteiger partial charge >= 0.3 is 0 Å². The second-order valence-electron chi connectivity index (χ2n) is 4.13. The fraction of sp³-hybridized carbons (Fsp3) is 0.417. The molecule has 0 aromatic heterocycles. The molecule has 92 valence electrons. The predicted octanol–water partition coefficient (Wildman–Crippen LogP) is 1.84. The lowest BCUT2D eigenvalue weighted by Gasteiger charge is -2.16. The summed E-state index contributed by atoms with van der Waals surface area (Å²) < 4.78 is 0. The lowest BCUT2D eigenvalue weighted by Crippen LogP contribution is -2.31. The van der Waals surface area contributed by atoms with E-state index in [9.17, 15) is 10.2 Å². The van der Waals surface area contributed by atoms with Crippen LogP contribution in [-0.4, -0.2) is 33.8 Å². The fourth-order valence-electron chi connectivity index (χ4n) is 2.26. The molecule has 0 aliphatic carbocycles. The van der Waals surface area contributed by atoms with E-state index in [1.807, 2.05) is 17.0 Å². The van der Waals surface area contributed by atoms with Gasteiger partial charge in [0.1, 0.15) is 5.60 Å². The molecule has 1 aromatic carbocycles. The predicted molar refractivity (Wildman–Crippen MR) is 71.6 cm³/mol. The zero-order valence-corrected chi connectivity index (χ0v) is 11.2. The summed E-state index contributed by atoms with van der Waals surface area (Å²) in [5.74, 6) is 0. The van der Waals surface area contributed by atoms with Gasteiger partial charge in [-0.1, -0.05) is 26.5 Å². The van der Waals surface area contributed by atoms with Crippen LogP contribution in [0, 0.1) is 0 Å². The Hall–Kier alpha value is -0.440. The second-order valence-corrected chi connectivity index (χ2v) is 4.99. The molecule has 1 aromatic rings. The summed E-state index contributed by atoms with van der Waals surface area (Å²) in [5, 5.41) is 19.4. The summed E-state index contributed by atoms with van der Waals surface area (Å²) in [5.41, 5.74) is 3.30. The Bertz CT molecular complexity index is 450. The summed E-state index contributed by atoms with van der Waals surface area (Å²) in [6.07, 6.45) is 1.62. The van der Waals surface area contributed by atoms with E-state index < -0.39 is 0 Å². The maximum Gasteiger partial charge on any atom is 0.139 e. The van der Waals surface area contributed by atoms with E-state index in [2.05, 4.69) is 8.86 Å². The van der Waals surface area contributed by atoms with E-state index in [4.69, 9.17) is 11.6 Å². The van der Waals surface area contributed by atoms with Crippen molar-refractivity contribution < 1.29 is 10.2 Å².